The smallest absolute Gasteiger partial charge is 0.227 e. The molecule has 1 aliphatic heterocycles. The van der Waals surface area contributed by atoms with Crippen LogP contribution in [0, 0.1) is 18.6 Å². The Labute approximate surface area is 139 Å². The van der Waals surface area contributed by atoms with Crippen molar-refractivity contribution in [1.82, 2.24) is 9.88 Å². The van der Waals surface area contributed by atoms with E-state index in [0.29, 0.717) is 25.4 Å². The summed E-state index contributed by atoms with van der Waals surface area (Å²) < 4.78 is 32.3. The second-order valence-corrected chi connectivity index (χ2v) is 5.95. The Kier molecular flexibility index (Phi) is 4.74. The Morgan fingerprint density at radius 2 is 2.17 bits per heavy atom. The topological polar surface area (TPSA) is 42.4 Å². The van der Waals surface area contributed by atoms with Crippen LogP contribution in [-0.2, 0) is 11.2 Å². The van der Waals surface area contributed by atoms with Crippen molar-refractivity contribution in [3.8, 4) is 5.88 Å². The standard InChI is InChI=1S/C18H18F2N2O2/c1-12-2-5-17(21-10-12)24-15-6-7-22(11-15)18(23)8-13-3-4-14(19)9-16(13)20/h2-5,9-10,15H,6-8,11H2,1H3. The molecule has 1 unspecified atom stereocenters. The molecule has 1 aliphatic rings. The number of likely N-dealkylation sites (tertiary alicyclic amines) is 1. The summed E-state index contributed by atoms with van der Waals surface area (Å²) in [5, 5.41) is 0. The van der Waals surface area contributed by atoms with Gasteiger partial charge in [0.2, 0.25) is 11.8 Å². The molecule has 0 bridgehead atoms. The third kappa shape index (κ3) is 3.88. The summed E-state index contributed by atoms with van der Waals surface area (Å²) >= 11 is 0. The number of ether oxygens (including phenoxy) is 1. The molecule has 2 aromatic rings. The third-order valence-corrected chi connectivity index (χ3v) is 4.03. The maximum Gasteiger partial charge on any atom is 0.227 e. The van der Waals surface area contributed by atoms with Crippen LogP contribution in [0.1, 0.15) is 17.5 Å². The van der Waals surface area contributed by atoms with E-state index in [1.165, 1.54) is 6.07 Å². The van der Waals surface area contributed by atoms with Gasteiger partial charge in [-0.05, 0) is 24.1 Å². The molecule has 4 nitrogen and oxygen atoms in total. The van der Waals surface area contributed by atoms with Crippen LogP contribution < -0.4 is 4.74 Å². The number of carbonyl (C=O) groups is 1. The fourth-order valence-electron chi connectivity index (χ4n) is 2.69. The molecule has 1 atom stereocenters. The summed E-state index contributed by atoms with van der Waals surface area (Å²) in [7, 11) is 0. The molecule has 0 radical (unpaired) electrons. The monoisotopic (exact) mass is 332 g/mol. The van der Waals surface area contributed by atoms with Gasteiger partial charge in [-0.3, -0.25) is 4.79 Å². The summed E-state index contributed by atoms with van der Waals surface area (Å²) in [6.45, 7) is 2.94. The van der Waals surface area contributed by atoms with Gasteiger partial charge in [0.25, 0.3) is 0 Å². The second-order valence-electron chi connectivity index (χ2n) is 5.95. The lowest BCUT2D eigenvalue weighted by atomic mass is 10.1. The number of aromatic nitrogens is 1. The van der Waals surface area contributed by atoms with Gasteiger partial charge >= 0.3 is 0 Å². The van der Waals surface area contributed by atoms with Gasteiger partial charge in [-0.25, -0.2) is 13.8 Å². The first kappa shape index (κ1) is 16.4. The van der Waals surface area contributed by atoms with Gasteiger partial charge in [-0.2, -0.15) is 0 Å². The van der Waals surface area contributed by atoms with E-state index in [0.717, 1.165) is 17.7 Å². The number of amides is 1. The zero-order valence-electron chi connectivity index (χ0n) is 13.3. The van der Waals surface area contributed by atoms with Gasteiger partial charge in [0.1, 0.15) is 17.7 Å². The predicted molar refractivity (Wildman–Crippen MR) is 84.6 cm³/mol. The number of rotatable bonds is 4. The lowest BCUT2D eigenvalue weighted by Gasteiger charge is -2.17. The van der Waals surface area contributed by atoms with Crippen molar-refractivity contribution in [2.45, 2.75) is 25.9 Å². The Morgan fingerprint density at radius 1 is 1.33 bits per heavy atom. The van der Waals surface area contributed by atoms with E-state index in [9.17, 15) is 13.6 Å². The fraction of sp³-hybridized carbons (Fsp3) is 0.333. The highest BCUT2D eigenvalue weighted by molar-refractivity contribution is 5.79. The molecule has 0 saturated carbocycles. The quantitative estimate of drug-likeness (QED) is 0.865. The number of pyridine rings is 1. The second kappa shape index (κ2) is 6.95. The van der Waals surface area contributed by atoms with Gasteiger partial charge in [0.05, 0.1) is 13.0 Å². The highest BCUT2D eigenvalue weighted by Crippen LogP contribution is 2.18. The molecule has 1 saturated heterocycles. The van der Waals surface area contributed by atoms with E-state index >= 15 is 0 Å². The van der Waals surface area contributed by atoms with Crippen molar-refractivity contribution in [2.24, 2.45) is 0 Å². The Morgan fingerprint density at radius 3 is 2.88 bits per heavy atom. The molecule has 1 amide bonds. The van der Waals surface area contributed by atoms with E-state index in [-0.39, 0.29) is 24.0 Å². The van der Waals surface area contributed by atoms with Gasteiger partial charge in [-0.1, -0.05) is 12.1 Å². The molecule has 2 heterocycles. The number of aryl methyl sites for hydroxylation is 1. The van der Waals surface area contributed by atoms with Crippen molar-refractivity contribution in [3.05, 3.63) is 59.3 Å². The van der Waals surface area contributed by atoms with Crippen molar-refractivity contribution >= 4 is 5.91 Å². The van der Waals surface area contributed by atoms with Crippen LogP contribution in [-0.4, -0.2) is 35.0 Å². The number of carbonyl (C=O) groups excluding carboxylic acids is 1. The molecule has 1 aromatic heterocycles. The molecule has 1 fully saturated rings. The first-order valence-corrected chi connectivity index (χ1v) is 7.82. The number of nitrogens with zero attached hydrogens (tertiary/aromatic N) is 2. The third-order valence-electron chi connectivity index (χ3n) is 4.03. The van der Waals surface area contributed by atoms with Crippen molar-refractivity contribution in [3.63, 3.8) is 0 Å². The first-order valence-electron chi connectivity index (χ1n) is 7.82. The number of halogens is 2. The van der Waals surface area contributed by atoms with Crippen molar-refractivity contribution in [2.75, 3.05) is 13.1 Å². The predicted octanol–water partition coefficient (Wildman–Crippen LogP) is 2.89. The van der Waals surface area contributed by atoms with Gasteiger partial charge in [0.15, 0.2) is 0 Å². The first-order chi connectivity index (χ1) is 11.5. The van der Waals surface area contributed by atoms with Crippen LogP contribution in [0.2, 0.25) is 0 Å². The van der Waals surface area contributed by atoms with E-state index in [4.69, 9.17) is 4.74 Å². The minimum Gasteiger partial charge on any atom is -0.472 e. The van der Waals surface area contributed by atoms with Crippen molar-refractivity contribution < 1.29 is 18.3 Å². The van der Waals surface area contributed by atoms with Crippen LogP contribution in [0.4, 0.5) is 8.78 Å². The zero-order valence-corrected chi connectivity index (χ0v) is 13.3. The summed E-state index contributed by atoms with van der Waals surface area (Å²) in [5.74, 6) is -1.00. The molecule has 126 valence electrons. The number of hydrogen-bond donors (Lipinski definition) is 0. The normalized spacial score (nSPS) is 17.1. The van der Waals surface area contributed by atoms with Gasteiger partial charge in [0, 0.05) is 31.3 Å². The van der Waals surface area contributed by atoms with Gasteiger partial charge < -0.3 is 9.64 Å². The van der Waals surface area contributed by atoms with Crippen LogP contribution in [0.25, 0.3) is 0 Å². The SMILES string of the molecule is Cc1ccc(OC2CCN(C(=O)Cc3ccc(F)cc3F)C2)nc1. The van der Waals surface area contributed by atoms with Crippen LogP contribution in [0.5, 0.6) is 5.88 Å². The number of benzene rings is 1. The van der Waals surface area contributed by atoms with Crippen molar-refractivity contribution in [1.29, 1.82) is 0 Å². The molecule has 6 heteroatoms. The van der Waals surface area contributed by atoms with E-state index in [1.54, 1.807) is 17.2 Å². The Bertz CT molecular complexity index is 734. The highest BCUT2D eigenvalue weighted by Gasteiger charge is 2.28. The molecule has 3 rings (SSSR count). The van der Waals surface area contributed by atoms with Crippen LogP contribution in [0.15, 0.2) is 36.5 Å². The maximum atomic E-state index is 13.7. The minimum absolute atomic E-state index is 0.0817. The molecule has 24 heavy (non-hydrogen) atoms. The summed E-state index contributed by atoms with van der Waals surface area (Å²) in [4.78, 5) is 18.1. The molecular weight excluding hydrogens is 314 g/mol. The van der Waals surface area contributed by atoms with E-state index in [1.807, 2.05) is 13.0 Å². The lowest BCUT2D eigenvalue weighted by molar-refractivity contribution is -0.129. The summed E-state index contributed by atoms with van der Waals surface area (Å²) in [6.07, 6.45) is 2.22. The Hall–Kier alpha value is -2.50. The van der Waals surface area contributed by atoms with E-state index < -0.39 is 11.6 Å². The highest BCUT2D eigenvalue weighted by atomic mass is 19.1. The fourth-order valence-corrected chi connectivity index (χ4v) is 2.69. The molecule has 0 N–H and O–H groups in total. The molecule has 0 spiro atoms. The molecule has 0 aliphatic carbocycles. The Balaban J connectivity index is 1.56. The summed E-state index contributed by atoms with van der Waals surface area (Å²) in [6, 6.07) is 6.97. The maximum absolute atomic E-state index is 13.7. The molecule has 1 aromatic carbocycles. The lowest BCUT2D eigenvalue weighted by Crippen LogP contribution is -2.32. The largest absolute Gasteiger partial charge is 0.472 e. The average molecular weight is 332 g/mol. The van der Waals surface area contributed by atoms with Crippen LogP contribution >= 0.6 is 0 Å². The van der Waals surface area contributed by atoms with E-state index in [2.05, 4.69) is 4.98 Å². The molecular formula is C18H18F2N2O2. The minimum atomic E-state index is -0.695. The summed E-state index contributed by atoms with van der Waals surface area (Å²) in [5.41, 5.74) is 1.25. The number of hydrogen-bond acceptors (Lipinski definition) is 3. The zero-order chi connectivity index (χ0) is 17.1. The average Bonchev–Trinajstić information content (AvgIpc) is 3.01. The van der Waals surface area contributed by atoms with Gasteiger partial charge in [-0.15, -0.1) is 0 Å². The van der Waals surface area contributed by atoms with Crippen LogP contribution in [0.3, 0.4) is 0 Å².